The van der Waals surface area contributed by atoms with Crippen LogP contribution in [-0.2, 0) is 0 Å². The molecule has 1 amide bonds. The summed E-state index contributed by atoms with van der Waals surface area (Å²) in [5.41, 5.74) is 0.808. The van der Waals surface area contributed by atoms with E-state index in [0.717, 1.165) is 22.0 Å². The Morgan fingerprint density at radius 1 is 1.23 bits per heavy atom. The average molecular weight is 336 g/mol. The van der Waals surface area contributed by atoms with Crippen LogP contribution in [0.1, 0.15) is 15.4 Å². The number of halogens is 2. The maximum absolute atomic E-state index is 13.2. The summed E-state index contributed by atoms with van der Waals surface area (Å²) in [6.45, 7) is 1.74. The summed E-state index contributed by atoms with van der Waals surface area (Å²) in [5, 5.41) is 5.26. The molecule has 0 aliphatic heterocycles. The van der Waals surface area contributed by atoms with Crippen LogP contribution in [0.5, 0.6) is 0 Å². The molecule has 1 aromatic carbocycles. The number of hydrogen-bond acceptors (Lipinski definition) is 4. The Balaban J connectivity index is 1.84. The van der Waals surface area contributed by atoms with Crippen molar-refractivity contribution in [1.29, 1.82) is 0 Å². The summed E-state index contributed by atoms with van der Waals surface area (Å²) < 4.78 is 26.1. The van der Waals surface area contributed by atoms with Crippen LogP contribution < -0.4 is 5.32 Å². The molecule has 3 aromatic rings. The van der Waals surface area contributed by atoms with Crippen molar-refractivity contribution >= 4 is 34.3 Å². The number of thiophene rings is 1. The Morgan fingerprint density at radius 2 is 2.05 bits per heavy atom. The highest BCUT2D eigenvalue weighted by Crippen LogP contribution is 2.31. The molecule has 0 aliphatic carbocycles. The molecule has 22 heavy (non-hydrogen) atoms. The second-order valence-electron chi connectivity index (χ2n) is 4.49. The number of carbonyl (C=O) groups excluding carboxylic acids is 1. The van der Waals surface area contributed by atoms with Gasteiger partial charge in [0.1, 0.15) is 9.88 Å². The Labute approximate surface area is 133 Å². The van der Waals surface area contributed by atoms with Gasteiger partial charge in [-0.3, -0.25) is 4.79 Å². The summed E-state index contributed by atoms with van der Waals surface area (Å²) in [5.74, 6) is -2.34. The van der Waals surface area contributed by atoms with Gasteiger partial charge in [0.05, 0.1) is 10.6 Å². The predicted octanol–water partition coefficient (Wildman–Crippen LogP) is 4.71. The molecule has 0 saturated heterocycles. The topological polar surface area (TPSA) is 42.0 Å². The molecule has 0 radical (unpaired) electrons. The number of aryl methyl sites for hydroxylation is 1. The van der Waals surface area contributed by atoms with Crippen molar-refractivity contribution in [2.24, 2.45) is 0 Å². The third kappa shape index (κ3) is 2.90. The van der Waals surface area contributed by atoms with Crippen molar-refractivity contribution in [3.8, 4) is 9.88 Å². The molecule has 0 atom stereocenters. The van der Waals surface area contributed by atoms with Crippen molar-refractivity contribution in [2.75, 3.05) is 5.32 Å². The van der Waals surface area contributed by atoms with Gasteiger partial charge in [-0.25, -0.2) is 13.8 Å². The van der Waals surface area contributed by atoms with Gasteiger partial charge in [-0.1, -0.05) is 6.07 Å². The highest BCUT2D eigenvalue weighted by molar-refractivity contribution is 7.22. The fourth-order valence-corrected chi connectivity index (χ4v) is 3.63. The van der Waals surface area contributed by atoms with Gasteiger partial charge in [-0.2, -0.15) is 0 Å². The summed E-state index contributed by atoms with van der Waals surface area (Å²) in [7, 11) is 0. The largest absolute Gasteiger partial charge is 0.321 e. The normalized spacial score (nSPS) is 10.7. The van der Waals surface area contributed by atoms with Crippen LogP contribution in [0.25, 0.3) is 9.88 Å². The maximum Gasteiger partial charge on any atom is 0.267 e. The summed E-state index contributed by atoms with van der Waals surface area (Å²) in [4.78, 5) is 18.1. The number of nitrogens with one attached hydrogen (secondary N) is 1. The number of carbonyl (C=O) groups is 1. The molecule has 0 aliphatic rings. The van der Waals surface area contributed by atoms with Gasteiger partial charge in [0.2, 0.25) is 0 Å². The van der Waals surface area contributed by atoms with Crippen LogP contribution in [-0.4, -0.2) is 10.9 Å². The van der Waals surface area contributed by atoms with Crippen LogP contribution in [0.15, 0.2) is 35.7 Å². The second kappa shape index (κ2) is 5.94. The fourth-order valence-electron chi connectivity index (χ4n) is 1.87. The zero-order chi connectivity index (χ0) is 15.7. The number of amides is 1. The summed E-state index contributed by atoms with van der Waals surface area (Å²) in [6, 6.07) is 7.08. The Morgan fingerprint density at radius 3 is 2.73 bits per heavy atom. The fraction of sp³-hybridized carbons (Fsp3) is 0.0667. The molecule has 0 spiro atoms. The van der Waals surface area contributed by atoms with Crippen molar-refractivity contribution in [3.63, 3.8) is 0 Å². The van der Waals surface area contributed by atoms with Crippen molar-refractivity contribution in [2.45, 2.75) is 6.92 Å². The van der Waals surface area contributed by atoms with Gasteiger partial charge < -0.3 is 5.32 Å². The molecule has 3 nitrogen and oxygen atoms in total. The highest BCUT2D eigenvalue weighted by Gasteiger charge is 2.17. The lowest BCUT2D eigenvalue weighted by molar-refractivity contribution is 0.103. The van der Waals surface area contributed by atoms with Gasteiger partial charge in [0.25, 0.3) is 5.91 Å². The number of nitrogens with zero attached hydrogens (tertiary/aromatic N) is 1. The minimum atomic E-state index is -1.00. The zero-order valence-electron chi connectivity index (χ0n) is 11.4. The lowest BCUT2D eigenvalue weighted by Crippen LogP contribution is -2.11. The minimum Gasteiger partial charge on any atom is -0.321 e. The zero-order valence-corrected chi connectivity index (χ0v) is 13.0. The third-order valence-electron chi connectivity index (χ3n) is 2.91. The van der Waals surface area contributed by atoms with Gasteiger partial charge in [-0.05, 0) is 30.5 Å². The molecular weight excluding hydrogens is 326 g/mol. The van der Waals surface area contributed by atoms with E-state index in [-0.39, 0.29) is 11.6 Å². The van der Waals surface area contributed by atoms with E-state index in [2.05, 4.69) is 10.3 Å². The maximum atomic E-state index is 13.2. The molecule has 112 valence electrons. The van der Waals surface area contributed by atoms with E-state index in [0.29, 0.717) is 10.6 Å². The van der Waals surface area contributed by atoms with Crippen LogP contribution >= 0.6 is 22.7 Å². The molecule has 1 N–H and O–H groups in total. The van der Waals surface area contributed by atoms with Gasteiger partial charge in [0.15, 0.2) is 11.6 Å². The lowest BCUT2D eigenvalue weighted by atomic mass is 10.3. The Hall–Kier alpha value is -2.12. The number of rotatable bonds is 3. The standard InChI is InChI=1S/C15H10F2N2OS2/c1-8-13(22-15(18-8)12-3-2-6-21-12)14(20)19-9-4-5-10(16)11(17)7-9/h2-7H,1H3,(H,19,20). The molecule has 0 unspecified atom stereocenters. The van der Waals surface area contributed by atoms with Gasteiger partial charge in [-0.15, -0.1) is 22.7 Å². The van der Waals surface area contributed by atoms with Crippen LogP contribution in [0.4, 0.5) is 14.5 Å². The summed E-state index contributed by atoms with van der Waals surface area (Å²) >= 11 is 2.81. The molecule has 2 heterocycles. The van der Waals surface area contributed by atoms with E-state index in [1.165, 1.54) is 17.4 Å². The first-order valence-corrected chi connectivity index (χ1v) is 8.02. The van der Waals surface area contributed by atoms with Crippen molar-refractivity contribution in [3.05, 3.63) is 57.9 Å². The monoisotopic (exact) mass is 336 g/mol. The number of aromatic nitrogens is 1. The van der Waals surface area contributed by atoms with Gasteiger partial charge >= 0.3 is 0 Å². The highest BCUT2D eigenvalue weighted by atomic mass is 32.1. The molecule has 0 fully saturated rings. The second-order valence-corrected chi connectivity index (χ2v) is 6.44. The quantitative estimate of drug-likeness (QED) is 0.752. The SMILES string of the molecule is Cc1nc(-c2cccs2)sc1C(=O)Nc1ccc(F)c(F)c1. The van der Waals surface area contributed by atoms with Gasteiger partial charge in [0, 0.05) is 11.8 Å². The molecule has 7 heteroatoms. The van der Waals surface area contributed by atoms with Crippen LogP contribution in [0.3, 0.4) is 0 Å². The Kier molecular flexibility index (Phi) is 4.00. The van der Waals surface area contributed by atoms with Crippen LogP contribution in [0, 0.1) is 18.6 Å². The molecular formula is C15H10F2N2OS2. The number of benzene rings is 1. The third-order valence-corrected chi connectivity index (χ3v) is 5.11. The van der Waals surface area contributed by atoms with E-state index >= 15 is 0 Å². The number of hydrogen-bond donors (Lipinski definition) is 1. The van der Waals surface area contributed by atoms with Crippen molar-refractivity contribution in [1.82, 2.24) is 4.98 Å². The van der Waals surface area contributed by atoms with E-state index in [9.17, 15) is 13.6 Å². The Bertz CT molecular complexity index is 828. The van der Waals surface area contributed by atoms with Crippen molar-refractivity contribution < 1.29 is 13.6 Å². The molecule has 2 aromatic heterocycles. The number of thiazole rings is 1. The van der Waals surface area contributed by atoms with Crippen LogP contribution in [0.2, 0.25) is 0 Å². The predicted molar refractivity (Wildman–Crippen MR) is 84.5 cm³/mol. The van der Waals surface area contributed by atoms with E-state index < -0.39 is 11.6 Å². The first-order valence-electron chi connectivity index (χ1n) is 6.32. The van der Waals surface area contributed by atoms with E-state index in [4.69, 9.17) is 0 Å². The van der Waals surface area contributed by atoms with E-state index in [1.807, 2.05) is 17.5 Å². The smallest absolute Gasteiger partial charge is 0.267 e. The van der Waals surface area contributed by atoms with E-state index in [1.54, 1.807) is 18.3 Å². The molecule has 0 bridgehead atoms. The lowest BCUT2D eigenvalue weighted by Gasteiger charge is -2.04. The number of anilines is 1. The first kappa shape index (κ1) is 14.8. The minimum absolute atomic E-state index is 0.203. The molecule has 0 saturated carbocycles. The summed E-state index contributed by atoms with van der Waals surface area (Å²) in [6.07, 6.45) is 0. The molecule has 3 rings (SSSR count). The first-order chi connectivity index (χ1) is 10.5. The average Bonchev–Trinajstić information content (AvgIpc) is 3.12.